The van der Waals surface area contributed by atoms with Gasteiger partial charge >= 0.3 is 0 Å². The highest BCUT2D eigenvalue weighted by Crippen LogP contribution is 2.16. The van der Waals surface area contributed by atoms with Crippen LogP contribution in [0.4, 0.5) is 5.95 Å². The van der Waals surface area contributed by atoms with Gasteiger partial charge in [0, 0.05) is 31.4 Å². The summed E-state index contributed by atoms with van der Waals surface area (Å²) in [5, 5.41) is 3.27. The van der Waals surface area contributed by atoms with E-state index in [2.05, 4.69) is 39.6 Å². The first-order valence-corrected chi connectivity index (χ1v) is 8.08. The number of aryl methyl sites for hydroxylation is 2. The molecule has 1 N–H and O–H groups in total. The van der Waals surface area contributed by atoms with E-state index in [-0.39, 0.29) is 11.9 Å². The number of likely N-dealkylation sites (tertiary alicyclic amines) is 1. The monoisotopic (exact) mass is 310 g/mol. The van der Waals surface area contributed by atoms with E-state index in [0.717, 1.165) is 31.6 Å². The molecule has 1 aliphatic rings. The van der Waals surface area contributed by atoms with E-state index in [0.29, 0.717) is 12.4 Å². The molecule has 0 radical (unpaired) electrons. The number of nitrogens with zero attached hydrogens (tertiary/aromatic N) is 3. The zero-order valence-electron chi connectivity index (χ0n) is 13.4. The highest BCUT2D eigenvalue weighted by molar-refractivity contribution is 5.79. The molecular formula is C18H22N4O. The minimum absolute atomic E-state index is 0.0982. The third-order valence-corrected chi connectivity index (χ3v) is 4.08. The SMILES string of the molecule is Cc1ccnc(N[C@H]2CC(=O)N(CCCc3ccccc3)C2)n1. The van der Waals surface area contributed by atoms with Crippen LogP contribution in [0.5, 0.6) is 0 Å². The summed E-state index contributed by atoms with van der Waals surface area (Å²) in [6.07, 6.45) is 4.24. The molecule has 1 aliphatic heterocycles. The Balaban J connectivity index is 1.47. The molecule has 1 fully saturated rings. The third kappa shape index (κ3) is 4.28. The molecule has 1 saturated heterocycles. The normalized spacial score (nSPS) is 17.5. The summed E-state index contributed by atoms with van der Waals surface area (Å²) in [7, 11) is 0. The number of carbonyl (C=O) groups excluding carboxylic acids is 1. The first-order valence-electron chi connectivity index (χ1n) is 8.08. The Morgan fingerprint density at radius 2 is 2.09 bits per heavy atom. The van der Waals surface area contributed by atoms with Crippen LogP contribution in [0.2, 0.25) is 0 Å². The summed E-state index contributed by atoms with van der Waals surface area (Å²) >= 11 is 0. The van der Waals surface area contributed by atoms with Crippen molar-refractivity contribution in [3.8, 4) is 0 Å². The van der Waals surface area contributed by atoms with Crippen molar-refractivity contribution in [1.29, 1.82) is 0 Å². The molecule has 23 heavy (non-hydrogen) atoms. The van der Waals surface area contributed by atoms with Crippen molar-refractivity contribution < 1.29 is 4.79 Å². The van der Waals surface area contributed by atoms with Gasteiger partial charge in [0.05, 0.1) is 6.04 Å². The summed E-state index contributed by atoms with van der Waals surface area (Å²) < 4.78 is 0. The van der Waals surface area contributed by atoms with Crippen molar-refractivity contribution in [1.82, 2.24) is 14.9 Å². The molecule has 0 spiro atoms. The molecule has 1 aromatic carbocycles. The Morgan fingerprint density at radius 3 is 2.87 bits per heavy atom. The van der Waals surface area contributed by atoms with Crippen LogP contribution < -0.4 is 5.32 Å². The maximum Gasteiger partial charge on any atom is 0.224 e. The highest BCUT2D eigenvalue weighted by Gasteiger charge is 2.29. The van der Waals surface area contributed by atoms with Gasteiger partial charge in [-0.1, -0.05) is 30.3 Å². The molecule has 3 rings (SSSR count). The van der Waals surface area contributed by atoms with Crippen molar-refractivity contribution in [2.24, 2.45) is 0 Å². The first kappa shape index (κ1) is 15.5. The minimum Gasteiger partial charge on any atom is -0.349 e. The van der Waals surface area contributed by atoms with Gasteiger partial charge in [-0.05, 0) is 31.4 Å². The molecule has 0 saturated carbocycles. The Hall–Kier alpha value is -2.43. The fraction of sp³-hybridized carbons (Fsp3) is 0.389. The van der Waals surface area contributed by atoms with Gasteiger partial charge in [0.2, 0.25) is 11.9 Å². The van der Waals surface area contributed by atoms with Gasteiger partial charge in [-0.2, -0.15) is 0 Å². The van der Waals surface area contributed by atoms with Crippen LogP contribution in [0.1, 0.15) is 24.1 Å². The van der Waals surface area contributed by atoms with Crippen LogP contribution >= 0.6 is 0 Å². The lowest BCUT2D eigenvalue weighted by atomic mass is 10.1. The van der Waals surface area contributed by atoms with Crippen molar-refractivity contribution in [2.45, 2.75) is 32.2 Å². The standard InChI is InChI=1S/C18H22N4O/c1-14-9-10-19-18(20-14)21-16-12-17(23)22(13-16)11-5-8-15-6-3-2-4-7-15/h2-4,6-7,9-10,16H,5,8,11-13H2,1H3,(H,19,20,21)/t16-/m0/s1. The average Bonchev–Trinajstić information content (AvgIpc) is 2.88. The number of hydrogen-bond acceptors (Lipinski definition) is 4. The van der Waals surface area contributed by atoms with E-state index in [4.69, 9.17) is 0 Å². The van der Waals surface area contributed by atoms with E-state index >= 15 is 0 Å². The van der Waals surface area contributed by atoms with Gasteiger partial charge in [0.25, 0.3) is 0 Å². The molecule has 0 aliphatic carbocycles. The zero-order chi connectivity index (χ0) is 16.1. The van der Waals surface area contributed by atoms with E-state index in [1.54, 1.807) is 6.20 Å². The van der Waals surface area contributed by atoms with Gasteiger partial charge in [0.1, 0.15) is 0 Å². The van der Waals surface area contributed by atoms with E-state index in [1.165, 1.54) is 5.56 Å². The van der Waals surface area contributed by atoms with Crippen molar-refractivity contribution >= 4 is 11.9 Å². The number of amides is 1. The molecular weight excluding hydrogens is 288 g/mol. The topological polar surface area (TPSA) is 58.1 Å². The van der Waals surface area contributed by atoms with E-state index in [1.807, 2.05) is 24.0 Å². The predicted octanol–water partition coefficient (Wildman–Crippen LogP) is 2.43. The number of benzene rings is 1. The second kappa shape index (κ2) is 7.22. The number of carbonyl (C=O) groups is 1. The Kier molecular flexibility index (Phi) is 4.86. The van der Waals surface area contributed by atoms with Gasteiger partial charge in [-0.25, -0.2) is 9.97 Å². The smallest absolute Gasteiger partial charge is 0.224 e. The Labute approximate surface area is 136 Å². The molecule has 1 amide bonds. The molecule has 2 heterocycles. The largest absolute Gasteiger partial charge is 0.349 e. The van der Waals surface area contributed by atoms with Crippen LogP contribution in [0.25, 0.3) is 0 Å². The number of aromatic nitrogens is 2. The zero-order valence-corrected chi connectivity index (χ0v) is 13.4. The molecule has 5 nitrogen and oxygen atoms in total. The van der Waals surface area contributed by atoms with Crippen LogP contribution in [0.3, 0.4) is 0 Å². The van der Waals surface area contributed by atoms with Crippen LogP contribution in [0.15, 0.2) is 42.6 Å². The first-order chi connectivity index (χ1) is 11.2. The van der Waals surface area contributed by atoms with Gasteiger partial charge < -0.3 is 10.2 Å². The Bertz CT molecular complexity index is 659. The van der Waals surface area contributed by atoms with Crippen molar-refractivity contribution in [3.63, 3.8) is 0 Å². The van der Waals surface area contributed by atoms with E-state index in [9.17, 15) is 4.79 Å². The summed E-state index contributed by atoms with van der Waals surface area (Å²) in [6.45, 7) is 3.47. The second-order valence-electron chi connectivity index (χ2n) is 6.00. The second-order valence-corrected chi connectivity index (χ2v) is 6.00. The van der Waals surface area contributed by atoms with Gasteiger partial charge in [0.15, 0.2) is 0 Å². The fourth-order valence-electron chi connectivity index (χ4n) is 2.90. The van der Waals surface area contributed by atoms with Crippen molar-refractivity contribution in [2.75, 3.05) is 18.4 Å². The lowest BCUT2D eigenvalue weighted by Gasteiger charge is -2.17. The molecule has 2 aromatic rings. The minimum atomic E-state index is 0.0982. The van der Waals surface area contributed by atoms with Crippen LogP contribution in [-0.4, -0.2) is 39.9 Å². The maximum absolute atomic E-state index is 12.1. The lowest BCUT2D eigenvalue weighted by Crippen LogP contribution is -2.29. The number of rotatable bonds is 6. The molecule has 0 bridgehead atoms. The summed E-state index contributed by atoms with van der Waals surface area (Å²) in [4.78, 5) is 22.6. The predicted molar refractivity (Wildman–Crippen MR) is 90.1 cm³/mol. The number of nitrogens with one attached hydrogen (secondary N) is 1. The summed E-state index contributed by atoms with van der Waals surface area (Å²) in [6, 6.07) is 12.4. The maximum atomic E-state index is 12.1. The van der Waals surface area contributed by atoms with Crippen LogP contribution in [0, 0.1) is 6.92 Å². The Morgan fingerprint density at radius 1 is 1.26 bits per heavy atom. The van der Waals surface area contributed by atoms with Gasteiger partial charge in [-0.15, -0.1) is 0 Å². The molecule has 1 atom stereocenters. The third-order valence-electron chi connectivity index (χ3n) is 4.08. The average molecular weight is 310 g/mol. The van der Waals surface area contributed by atoms with Gasteiger partial charge in [-0.3, -0.25) is 4.79 Å². The summed E-state index contributed by atoms with van der Waals surface area (Å²) in [5.41, 5.74) is 2.24. The quantitative estimate of drug-likeness (QED) is 0.890. The molecule has 120 valence electrons. The van der Waals surface area contributed by atoms with Crippen molar-refractivity contribution in [3.05, 3.63) is 53.9 Å². The number of hydrogen-bond donors (Lipinski definition) is 1. The lowest BCUT2D eigenvalue weighted by molar-refractivity contribution is -0.127. The number of anilines is 1. The highest BCUT2D eigenvalue weighted by atomic mass is 16.2. The molecule has 1 aromatic heterocycles. The summed E-state index contributed by atoms with van der Waals surface area (Å²) in [5.74, 6) is 0.817. The van der Waals surface area contributed by atoms with E-state index < -0.39 is 0 Å². The molecule has 5 heteroatoms. The molecule has 0 unspecified atom stereocenters. The fourth-order valence-corrected chi connectivity index (χ4v) is 2.90. The van der Waals surface area contributed by atoms with Crippen LogP contribution in [-0.2, 0) is 11.2 Å².